The second-order valence-corrected chi connectivity index (χ2v) is 8.12. The van der Waals surface area contributed by atoms with E-state index in [0.717, 1.165) is 42.9 Å². The van der Waals surface area contributed by atoms with Crippen LogP contribution < -0.4 is 21.5 Å². The van der Waals surface area contributed by atoms with Crippen molar-refractivity contribution in [2.75, 3.05) is 19.8 Å². The lowest BCUT2D eigenvalue weighted by molar-refractivity contribution is 0.0743. The molecule has 0 aliphatic carbocycles. The number of nitrogens with one attached hydrogen (secondary N) is 4. The molecular formula is C20H28N6O3. The molecular weight excluding hydrogens is 372 g/mol. The number of aliphatic imine (C=N–C) groups is 1. The third-order valence-corrected chi connectivity index (χ3v) is 5.77. The predicted octanol–water partition coefficient (Wildman–Crippen LogP) is 0.659. The minimum Gasteiger partial charge on any atom is -0.381 e. The number of ether oxygens (including phenoxy) is 1. The summed E-state index contributed by atoms with van der Waals surface area (Å²) < 4.78 is 5.41. The summed E-state index contributed by atoms with van der Waals surface area (Å²) >= 11 is 0. The fourth-order valence-electron chi connectivity index (χ4n) is 4.03. The summed E-state index contributed by atoms with van der Waals surface area (Å²) in [4.78, 5) is 33.4. The van der Waals surface area contributed by atoms with E-state index in [-0.39, 0.29) is 17.9 Å². The van der Waals surface area contributed by atoms with Gasteiger partial charge in [0.2, 0.25) is 5.56 Å². The Morgan fingerprint density at radius 3 is 2.93 bits per heavy atom. The average Bonchev–Trinajstić information content (AvgIpc) is 2.97. The zero-order valence-electron chi connectivity index (χ0n) is 16.8. The molecule has 2 saturated heterocycles. The molecule has 0 aromatic carbocycles. The van der Waals surface area contributed by atoms with Gasteiger partial charge in [0.1, 0.15) is 0 Å². The Hall–Kier alpha value is -2.65. The quantitative estimate of drug-likeness (QED) is 0.593. The van der Waals surface area contributed by atoms with Crippen LogP contribution in [0.2, 0.25) is 0 Å². The highest BCUT2D eigenvalue weighted by atomic mass is 16.5. The zero-order chi connectivity index (χ0) is 20.4. The van der Waals surface area contributed by atoms with Crippen molar-refractivity contribution in [3.05, 3.63) is 46.0 Å². The van der Waals surface area contributed by atoms with Gasteiger partial charge in [-0.15, -0.1) is 0 Å². The number of carbonyl (C=O) groups is 1. The monoisotopic (exact) mass is 400 g/mol. The molecule has 156 valence electrons. The van der Waals surface area contributed by atoms with Gasteiger partial charge in [0.25, 0.3) is 0 Å². The Bertz CT molecular complexity index is 884. The van der Waals surface area contributed by atoms with E-state index in [1.165, 1.54) is 6.07 Å². The van der Waals surface area contributed by atoms with E-state index in [0.29, 0.717) is 19.1 Å². The minimum atomic E-state index is -0.478. The van der Waals surface area contributed by atoms with Crippen LogP contribution in [0.4, 0.5) is 4.79 Å². The molecule has 0 bridgehead atoms. The van der Waals surface area contributed by atoms with E-state index in [1.807, 2.05) is 20.0 Å². The highest BCUT2D eigenvalue weighted by molar-refractivity contribution is 6.08. The summed E-state index contributed by atoms with van der Waals surface area (Å²) in [6.45, 7) is 6.33. The van der Waals surface area contributed by atoms with Crippen molar-refractivity contribution in [3.63, 3.8) is 0 Å². The number of pyridine rings is 1. The molecule has 0 saturated carbocycles. The fraction of sp³-hybridized carbons (Fsp3) is 0.550. The van der Waals surface area contributed by atoms with Crippen LogP contribution in [0.25, 0.3) is 0 Å². The van der Waals surface area contributed by atoms with E-state index >= 15 is 0 Å². The number of hydrogen-bond acceptors (Lipinski definition) is 6. The molecule has 3 aliphatic heterocycles. The highest BCUT2D eigenvalue weighted by Crippen LogP contribution is 2.33. The Balaban J connectivity index is 1.41. The van der Waals surface area contributed by atoms with Crippen LogP contribution >= 0.6 is 0 Å². The second-order valence-electron chi connectivity index (χ2n) is 8.12. The van der Waals surface area contributed by atoms with Crippen molar-refractivity contribution in [1.29, 1.82) is 0 Å². The Labute approximate surface area is 169 Å². The molecule has 1 aromatic rings. The van der Waals surface area contributed by atoms with Gasteiger partial charge in [-0.25, -0.2) is 9.79 Å². The van der Waals surface area contributed by atoms with Crippen LogP contribution in [-0.2, 0) is 11.3 Å². The summed E-state index contributed by atoms with van der Waals surface area (Å²) in [6.07, 6.45) is 5.31. The van der Waals surface area contributed by atoms with E-state index < -0.39 is 5.54 Å². The molecule has 4 heterocycles. The number of aromatic amines is 1. The molecule has 9 nitrogen and oxygen atoms in total. The number of rotatable bonds is 4. The van der Waals surface area contributed by atoms with Gasteiger partial charge < -0.3 is 25.3 Å². The van der Waals surface area contributed by atoms with Crippen LogP contribution in [0.5, 0.6) is 0 Å². The van der Waals surface area contributed by atoms with Crippen molar-refractivity contribution < 1.29 is 9.53 Å². The van der Waals surface area contributed by atoms with Crippen molar-refractivity contribution >= 4 is 11.7 Å². The lowest BCUT2D eigenvalue weighted by Crippen LogP contribution is -2.49. The third-order valence-electron chi connectivity index (χ3n) is 5.77. The minimum absolute atomic E-state index is 0.178. The first-order valence-corrected chi connectivity index (χ1v) is 10.0. The standard InChI is InChI=1S/C20H28N6O3/c1-20(2)15-11-22-18(24-14-4-7-29-8-5-14)25-16(15)12-26(20)19(28)23-10-13-3-6-21-17(27)9-13/h3,6,9,11,14,18,22,24H,4-5,7-8,10,12H2,1-2H3,(H,21,27)(H,23,28). The van der Waals surface area contributed by atoms with Gasteiger partial charge in [0, 0.05) is 49.8 Å². The van der Waals surface area contributed by atoms with E-state index in [1.54, 1.807) is 17.2 Å². The van der Waals surface area contributed by atoms with Crippen LogP contribution in [0.3, 0.4) is 0 Å². The van der Waals surface area contributed by atoms with Gasteiger partial charge in [-0.3, -0.25) is 10.1 Å². The molecule has 1 unspecified atom stereocenters. The lowest BCUT2D eigenvalue weighted by Gasteiger charge is -2.33. The smallest absolute Gasteiger partial charge is 0.318 e. The first-order chi connectivity index (χ1) is 13.9. The number of aromatic nitrogens is 1. The molecule has 4 N–H and O–H groups in total. The molecule has 0 radical (unpaired) electrons. The number of carbonyl (C=O) groups excluding carboxylic acids is 1. The van der Waals surface area contributed by atoms with Gasteiger partial charge in [-0.1, -0.05) is 0 Å². The Morgan fingerprint density at radius 1 is 1.38 bits per heavy atom. The SMILES string of the molecule is CC1(C)C2=CNC(NC3CCOCC3)N=C2CN1C(=O)NCc1cc[nH]c(=O)c1. The van der Waals surface area contributed by atoms with Gasteiger partial charge >= 0.3 is 6.03 Å². The average molecular weight is 400 g/mol. The maximum atomic E-state index is 12.9. The Kier molecular flexibility index (Phi) is 5.42. The topological polar surface area (TPSA) is 111 Å². The van der Waals surface area contributed by atoms with Gasteiger partial charge in [-0.2, -0.15) is 0 Å². The largest absolute Gasteiger partial charge is 0.381 e. The van der Waals surface area contributed by atoms with Crippen molar-refractivity contribution in [2.24, 2.45) is 4.99 Å². The van der Waals surface area contributed by atoms with Crippen molar-refractivity contribution in [1.82, 2.24) is 25.8 Å². The maximum absolute atomic E-state index is 12.9. The molecule has 9 heteroatoms. The first-order valence-electron chi connectivity index (χ1n) is 10.0. The number of hydrogen-bond donors (Lipinski definition) is 4. The summed E-state index contributed by atoms with van der Waals surface area (Å²) in [5, 5.41) is 9.75. The fourth-order valence-corrected chi connectivity index (χ4v) is 4.03. The molecule has 0 spiro atoms. The first kappa shape index (κ1) is 19.7. The van der Waals surface area contributed by atoms with Gasteiger partial charge in [-0.05, 0) is 38.3 Å². The maximum Gasteiger partial charge on any atom is 0.318 e. The van der Waals surface area contributed by atoms with Gasteiger partial charge in [0.05, 0.1) is 17.8 Å². The molecule has 1 atom stereocenters. The second kappa shape index (κ2) is 8.00. The summed E-state index contributed by atoms with van der Waals surface area (Å²) in [7, 11) is 0. The van der Waals surface area contributed by atoms with Crippen molar-refractivity contribution in [3.8, 4) is 0 Å². The van der Waals surface area contributed by atoms with Crippen LogP contribution in [0, 0.1) is 0 Å². The molecule has 3 aliphatic rings. The number of fused-ring (bicyclic) bond motifs is 1. The number of amides is 2. The summed E-state index contributed by atoms with van der Waals surface area (Å²) in [5.74, 6) is 0. The van der Waals surface area contributed by atoms with Crippen molar-refractivity contribution in [2.45, 2.75) is 51.1 Å². The van der Waals surface area contributed by atoms with Crippen LogP contribution in [0.1, 0.15) is 32.3 Å². The lowest BCUT2D eigenvalue weighted by atomic mass is 9.94. The number of likely N-dealkylation sites (tertiary alicyclic amines) is 1. The van der Waals surface area contributed by atoms with Crippen LogP contribution in [-0.4, -0.2) is 59.3 Å². The molecule has 4 rings (SSSR count). The molecule has 2 amide bonds. The predicted molar refractivity (Wildman–Crippen MR) is 110 cm³/mol. The molecule has 1 aromatic heterocycles. The normalized spacial score (nSPS) is 23.7. The van der Waals surface area contributed by atoms with E-state index in [4.69, 9.17) is 9.73 Å². The molecule has 29 heavy (non-hydrogen) atoms. The highest BCUT2D eigenvalue weighted by Gasteiger charge is 2.45. The van der Waals surface area contributed by atoms with E-state index in [9.17, 15) is 9.59 Å². The summed E-state index contributed by atoms with van der Waals surface area (Å²) in [6, 6.07) is 3.46. The van der Waals surface area contributed by atoms with E-state index in [2.05, 4.69) is 20.9 Å². The summed E-state index contributed by atoms with van der Waals surface area (Å²) in [5.41, 5.74) is 2.04. The number of H-pyrrole nitrogens is 1. The van der Waals surface area contributed by atoms with Crippen LogP contribution in [0.15, 0.2) is 39.9 Å². The Morgan fingerprint density at radius 2 is 2.17 bits per heavy atom. The zero-order valence-corrected chi connectivity index (χ0v) is 16.8. The number of nitrogens with zero attached hydrogens (tertiary/aromatic N) is 2. The number of urea groups is 1. The van der Waals surface area contributed by atoms with Gasteiger partial charge in [0.15, 0.2) is 6.29 Å². The third kappa shape index (κ3) is 4.20. The molecule has 2 fully saturated rings.